The number of ether oxygens (including phenoxy) is 1. The second-order valence-electron chi connectivity index (χ2n) is 6.72. The molecule has 0 spiro atoms. The van der Waals surface area contributed by atoms with Crippen LogP contribution in [0.5, 0.6) is 0 Å². The molecule has 0 saturated carbocycles. The van der Waals surface area contributed by atoms with Crippen LogP contribution in [0.3, 0.4) is 0 Å². The summed E-state index contributed by atoms with van der Waals surface area (Å²) in [7, 11) is 0. The minimum absolute atomic E-state index is 0.229. The second kappa shape index (κ2) is 7.62. The lowest BCUT2D eigenvalue weighted by Gasteiger charge is -2.27. The van der Waals surface area contributed by atoms with Crippen molar-refractivity contribution < 1.29 is 14.6 Å². The molecule has 4 rings (SSSR count). The van der Waals surface area contributed by atoms with Crippen molar-refractivity contribution in [3.05, 3.63) is 65.0 Å². The number of aliphatic hydroxyl groups excluding tert-OH is 1. The van der Waals surface area contributed by atoms with E-state index in [2.05, 4.69) is 11.4 Å². The van der Waals surface area contributed by atoms with Crippen LogP contribution in [-0.2, 0) is 16.0 Å². The molecule has 5 heteroatoms. The lowest BCUT2D eigenvalue weighted by atomic mass is 9.81. The number of aliphatic hydroxyl groups is 1. The lowest BCUT2D eigenvalue weighted by molar-refractivity contribution is -0.149. The van der Waals surface area contributed by atoms with E-state index < -0.39 is 6.10 Å². The summed E-state index contributed by atoms with van der Waals surface area (Å²) in [6.45, 7) is 2.16. The number of carbonyl (C=O) groups excluding carboxylic acids is 1. The summed E-state index contributed by atoms with van der Waals surface area (Å²) < 4.78 is 5.15. The third kappa shape index (κ3) is 3.66. The number of nitrogens with zero attached hydrogens (tertiary/aromatic N) is 1. The molecule has 0 aliphatic heterocycles. The summed E-state index contributed by atoms with van der Waals surface area (Å²) in [5, 5.41) is 13.4. The maximum atomic E-state index is 12.1. The maximum Gasteiger partial charge on any atom is 0.309 e. The molecule has 1 heterocycles. The highest BCUT2D eigenvalue weighted by atomic mass is 32.1. The van der Waals surface area contributed by atoms with Crippen molar-refractivity contribution in [3.8, 4) is 21.8 Å². The normalized spacial score (nSPS) is 18.7. The van der Waals surface area contributed by atoms with E-state index in [0.29, 0.717) is 19.4 Å². The van der Waals surface area contributed by atoms with Crippen molar-refractivity contribution in [2.45, 2.75) is 25.9 Å². The second-order valence-corrected chi connectivity index (χ2v) is 7.58. The summed E-state index contributed by atoms with van der Waals surface area (Å²) in [4.78, 5) is 16.9. The smallest absolute Gasteiger partial charge is 0.309 e. The van der Waals surface area contributed by atoms with Crippen LogP contribution in [0.2, 0.25) is 0 Å². The molecule has 0 unspecified atom stereocenters. The van der Waals surface area contributed by atoms with Crippen LogP contribution < -0.4 is 0 Å². The molecule has 1 N–H and O–H groups in total. The van der Waals surface area contributed by atoms with Crippen molar-refractivity contribution in [2.24, 2.45) is 5.92 Å². The number of benzene rings is 2. The van der Waals surface area contributed by atoms with Gasteiger partial charge in [0, 0.05) is 16.5 Å². The van der Waals surface area contributed by atoms with Crippen molar-refractivity contribution in [3.63, 3.8) is 0 Å². The molecule has 3 aromatic rings. The molecule has 0 saturated heterocycles. The highest BCUT2D eigenvalue weighted by molar-refractivity contribution is 7.13. The van der Waals surface area contributed by atoms with Gasteiger partial charge in [-0.3, -0.25) is 4.79 Å². The van der Waals surface area contributed by atoms with E-state index in [1.54, 1.807) is 18.3 Å². The van der Waals surface area contributed by atoms with Crippen LogP contribution in [-0.4, -0.2) is 22.7 Å². The summed E-state index contributed by atoms with van der Waals surface area (Å²) in [6.07, 6.45) is 0.379. The summed E-state index contributed by atoms with van der Waals surface area (Å²) in [6, 6.07) is 16.1. The molecule has 2 aromatic carbocycles. The lowest BCUT2D eigenvalue weighted by Crippen LogP contribution is -2.27. The van der Waals surface area contributed by atoms with Gasteiger partial charge in [0.1, 0.15) is 5.01 Å². The molecule has 1 aromatic heterocycles. The number of carbonyl (C=O) groups is 1. The number of aromatic nitrogens is 1. The number of thiazole rings is 1. The topological polar surface area (TPSA) is 59.4 Å². The Morgan fingerprint density at radius 1 is 1.22 bits per heavy atom. The van der Waals surface area contributed by atoms with Crippen LogP contribution in [0.4, 0.5) is 0 Å². The Kier molecular flexibility index (Phi) is 5.05. The average molecular weight is 379 g/mol. The van der Waals surface area contributed by atoms with E-state index in [9.17, 15) is 9.90 Å². The van der Waals surface area contributed by atoms with Gasteiger partial charge in [-0.05, 0) is 37.0 Å². The highest BCUT2D eigenvalue weighted by Gasteiger charge is 2.31. The third-order valence-electron chi connectivity index (χ3n) is 4.92. The molecule has 2 atom stereocenters. The van der Waals surface area contributed by atoms with Gasteiger partial charge in [-0.1, -0.05) is 42.5 Å². The average Bonchev–Trinajstić information content (AvgIpc) is 3.18. The van der Waals surface area contributed by atoms with Crippen LogP contribution in [0.25, 0.3) is 21.8 Å². The zero-order valence-corrected chi connectivity index (χ0v) is 15.9. The van der Waals surface area contributed by atoms with Crippen LogP contribution in [0, 0.1) is 5.92 Å². The third-order valence-corrected chi connectivity index (χ3v) is 5.81. The fourth-order valence-electron chi connectivity index (χ4n) is 3.57. The molecule has 0 amide bonds. The van der Waals surface area contributed by atoms with Gasteiger partial charge in [-0.25, -0.2) is 4.98 Å². The first-order valence-corrected chi connectivity index (χ1v) is 10.0. The van der Waals surface area contributed by atoms with E-state index in [1.165, 1.54) is 0 Å². The molecular weight excluding hydrogens is 358 g/mol. The van der Waals surface area contributed by atoms with Gasteiger partial charge in [0.25, 0.3) is 0 Å². The van der Waals surface area contributed by atoms with Crippen molar-refractivity contribution in [1.82, 2.24) is 4.98 Å². The molecule has 0 bridgehead atoms. The SMILES string of the molecule is CCOC(=O)[C@H]1Cc2cc(-c3nc(-c4ccccc4)cs3)ccc2[C@@H](O)C1. The molecule has 1 aliphatic carbocycles. The Morgan fingerprint density at radius 2 is 2.04 bits per heavy atom. The maximum absolute atomic E-state index is 12.1. The van der Waals surface area contributed by atoms with Gasteiger partial charge < -0.3 is 9.84 Å². The van der Waals surface area contributed by atoms with Crippen LogP contribution in [0.15, 0.2) is 53.9 Å². The Morgan fingerprint density at radius 3 is 2.81 bits per heavy atom. The standard InChI is InChI=1S/C22H21NO3S/c1-2-26-22(25)17-11-16-10-15(8-9-18(16)20(24)12-17)21-23-19(13-27-21)14-6-4-3-5-7-14/h3-10,13,17,20,24H,2,11-12H2,1H3/t17-,20-/m0/s1. The molecule has 0 fully saturated rings. The fourth-order valence-corrected chi connectivity index (χ4v) is 4.40. The fraction of sp³-hybridized carbons (Fsp3) is 0.273. The number of rotatable bonds is 4. The number of hydrogen-bond acceptors (Lipinski definition) is 5. The van der Waals surface area contributed by atoms with Crippen LogP contribution in [0.1, 0.15) is 30.6 Å². The van der Waals surface area contributed by atoms with Crippen molar-refractivity contribution in [1.29, 1.82) is 0 Å². The monoisotopic (exact) mass is 379 g/mol. The molecule has 27 heavy (non-hydrogen) atoms. The Bertz CT molecular complexity index is 951. The zero-order valence-electron chi connectivity index (χ0n) is 15.1. The van der Waals surface area contributed by atoms with E-state index in [1.807, 2.05) is 42.5 Å². The zero-order chi connectivity index (χ0) is 18.8. The molecule has 4 nitrogen and oxygen atoms in total. The number of fused-ring (bicyclic) bond motifs is 1. The molecule has 138 valence electrons. The Labute approximate surface area is 162 Å². The van der Waals surface area contributed by atoms with E-state index in [4.69, 9.17) is 9.72 Å². The molecule has 0 radical (unpaired) electrons. The van der Waals surface area contributed by atoms with Gasteiger partial charge >= 0.3 is 5.97 Å². The van der Waals surface area contributed by atoms with Crippen LogP contribution >= 0.6 is 11.3 Å². The number of esters is 1. The number of hydrogen-bond donors (Lipinski definition) is 1. The summed E-state index contributed by atoms with van der Waals surface area (Å²) >= 11 is 1.60. The van der Waals surface area contributed by atoms with E-state index >= 15 is 0 Å². The van der Waals surface area contributed by atoms with E-state index in [-0.39, 0.29) is 11.9 Å². The van der Waals surface area contributed by atoms with Gasteiger partial charge in [0.2, 0.25) is 0 Å². The first-order chi connectivity index (χ1) is 13.2. The summed E-state index contributed by atoms with van der Waals surface area (Å²) in [5.41, 5.74) is 4.96. The largest absolute Gasteiger partial charge is 0.466 e. The van der Waals surface area contributed by atoms with Gasteiger partial charge in [-0.15, -0.1) is 11.3 Å². The van der Waals surface area contributed by atoms with Gasteiger partial charge in [0.05, 0.1) is 24.3 Å². The first-order valence-electron chi connectivity index (χ1n) is 9.14. The van der Waals surface area contributed by atoms with Crippen molar-refractivity contribution in [2.75, 3.05) is 6.61 Å². The quantitative estimate of drug-likeness (QED) is 0.671. The minimum Gasteiger partial charge on any atom is -0.466 e. The summed E-state index contributed by atoms with van der Waals surface area (Å²) in [5.74, 6) is -0.521. The Hall–Kier alpha value is -2.50. The highest BCUT2D eigenvalue weighted by Crippen LogP contribution is 2.37. The first kappa shape index (κ1) is 17.9. The minimum atomic E-state index is -0.631. The van der Waals surface area contributed by atoms with Gasteiger partial charge in [0.15, 0.2) is 0 Å². The van der Waals surface area contributed by atoms with Gasteiger partial charge in [-0.2, -0.15) is 0 Å². The van der Waals surface area contributed by atoms with Crippen molar-refractivity contribution >= 4 is 17.3 Å². The molecular formula is C22H21NO3S. The van der Waals surface area contributed by atoms with E-state index in [0.717, 1.165) is 33.0 Å². The Balaban J connectivity index is 1.62. The predicted octanol–water partition coefficient (Wildman–Crippen LogP) is 4.64. The molecule has 1 aliphatic rings. The predicted molar refractivity (Wildman–Crippen MR) is 106 cm³/mol.